The van der Waals surface area contributed by atoms with Crippen LogP contribution in [0.25, 0.3) is 10.9 Å². The van der Waals surface area contributed by atoms with E-state index in [1.165, 1.54) is 11.8 Å². The van der Waals surface area contributed by atoms with Gasteiger partial charge in [-0.3, -0.25) is 14.2 Å². The number of aromatic nitrogens is 2. The predicted octanol–water partition coefficient (Wildman–Crippen LogP) is 3.83. The van der Waals surface area contributed by atoms with Gasteiger partial charge in [-0.2, -0.15) is 0 Å². The molecule has 7 nitrogen and oxygen atoms in total. The average Bonchev–Trinajstić information content (AvgIpc) is 3.20. The minimum atomic E-state index is -0.188. The zero-order valence-electron chi connectivity index (χ0n) is 16.2. The second kappa shape index (κ2) is 8.16. The van der Waals surface area contributed by atoms with Crippen LogP contribution >= 0.6 is 11.8 Å². The van der Waals surface area contributed by atoms with Crippen LogP contribution in [0.5, 0.6) is 11.5 Å². The van der Waals surface area contributed by atoms with E-state index in [4.69, 9.17) is 9.47 Å². The van der Waals surface area contributed by atoms with Gasteiger partial charge in [0.25, 0.3) is 5.56 Å². The molecule has 0 saturated carbocycles. The first kappa shape index (κ1) is 19.3. The SMILES string of the molecule is CCC(C)n1c(SCC(=O)Nc2ccc3c(c2)OCO3)nc2ccccc2c1=O. The molecule has 1 amide bonds. The van der Waals surface area contributed by atoms with Crippen molar-refractivity contribution >= 4 is 34.3 Å². The number of carbonyl (C=O) groups is 1. The number of carbonyl (C=O) groups excluding carboxylic acids is 1. The fourth-order valence-corrected chi connectivity index (χ4v) is 4.00. The molecule has 0 aliphatic carbocycles. The molecule has 0 fully saturated rings. The lowest BCUT2D eigenvalue weighted by molar-refractivity contribution is -0.113. The molecule has 29 heavy (non-hydrogen) atoms. The number of hydrogen-bond donors (Lipinski definition) is 1. The van der Waals surface area contributed by atoms with Crippen LogP contribution in [0.1, 0.15) is 26.3 Å². The number of ether oxygens (including phenoxy) is 2. The minimum Gasteiger partial charge on any atom is -0.454 e. The van der Waals surface area contributed by atoms with Crippen molar-refractivity contribution in [1.29, 1.82) is 0 Å². The number of thioether (sulfide) groups is 1. The Hall–Kier alpha value is -3.00. The number of nitrogens with zero attached hydrogens (tertiary/aromatic N) is 2. The molecule has 2 aromatic carbocycles. The van der Waals surface area contributed by atoms with Gasteiger partial charge in [0.1, 0.15) is 0 Å². The summed E-state index contributed by atoms with van der Waals surface area (Å²) in [5.74, 6) is 1.22. The van der Waals surface area contributed by atoms with Gasteiger partial charge in [-0.25, -0.2) is 4.98 Å². The van der Waals surface area contributed by atoms with E-state index >= 15 is 0 Å². The number of hydrogen-bond acceptors (Lipinski definition) is 6. The Labute approximate surface area is 172 Å². The van der Waals surface area contributed by atoms with Crippen molar-refractivity contribution in [2.24, 2.45) is 0 Å². The highest BCUT2D eigenvalue weighted by molar-refractivity contribution is 7.99. The van der Waals surface area contributed by atoms with E-state index < -0.39 is 0 Å². The largest absolute Gasteiger partial charge is 0.454 e. The van der Waals surface area contributed by atoms with Crippen LogP contribution in [0.4, 0.5) is 5.69 Å². The summed E-state index contributed by atoms with van der Waals surface area (Å²) in [5.41, 5.74) is 1.19. The number of para-hydroxylation sites is 1. The van der Waals surface area contributed by atoms with Gasteiger partial charge in [0.2, 0.25) is 12.7 Å². The van der Waals surface area contributed by atoms with E-state index in [9.17, 15) is 9.59 Å². The predicted molar refractivity (Wildman–Crippen MR) is 113 cm³/mol. The van der Waals surface area contributed by atoms with Crippen molar-refractivity contribution in [3.05, 3.63) is 52.8 Å². The number of rotatable bonds is 6. The molecule has 150 valence electrons. The minimum absolute atomic E-state index is 0.0148. The van der Waals surface area contributed by atoms with Crippen LogP contribution in [-0.4, -0.2) is 28.0 Å². The smallest absolute Gasteiger partial charge is 0.262 e. The highest BCUT2D eigenvalue weighted by atomic mass is 32.2. The summed E-state index contributed by atoms with van der Waals surface area (Å²) in [6, 6.07) is 12.5. The maximum Gasteiger partial charge on any atom is 0.262 e. The van der Waals surface area contributed by atoms with Gasteiger partial charge in [0.05, 0.1) is 16.7 Å². The van der Waals surface area contributed by atoms with E-state index in [-0.39, 0.29) is 30.1 Å². The van der Waals surface area contributed by atoms with Gasteiger partial charge in [-0.15, -0.1) is 0 Å². The van der Waals surface area contributed by atoms with Gasteiger partial charge < -0.3 is 14.8 Å². The van der Waals surface area contributed by atoms with Crippen molar-refractivity contribution in [3.63, 3.8) is 0 Å². The highest BCUT2D eigenvalue weighted by Gasteiger charge is 2.18. The monoisotopic (exact) mass is 411 g/mol. The number of anilines is 1. The summed E-state index contributed by atoms with van der Waals surface area (Å²) in [4.78, 5) is 30.1. The Kier molecular flexibility index (Phi) is 5.44. The molecule has 2 heterocycles. The Morgan fingerprint density at radius 1 is 1.24 bits per heavy atom. The zero-order valence-corrected chi connectivity index (χ0v) is 17.0. The lowest BCUT2D eigenvalue weighted by atomic mass is 10.2. The van der Waals surface area contributed by atoms with Crippen molar-refractivity contribution in [2.45, 2.75) is 31.5 Å². The van der Waals surface area contributed by atoms with Crippen LogP contribution in [0.15, 0.2) is 52.4 Å². The molecule has 1 N–H and O–H groups in total. The molecule has 3 aromatic rings. The van der Waals surface area contributed by atoms with Crippen molar-refractivity contribution in [1.82, 2.24) is 9.55 Å². The number of fused-ring (bicyclic) bond motifs is 2. The highest BCUT2D eigenvalue weighted by Crippen LogP contribution is 2.34. The first-order chi connectivity index (χ1) is 14.1. The van der Waals surface area contributed by atoms with Crippen molar-refractivity contribution in [3.8, 4) is 11.5 Å². The third-order valence-electron chi connectivity index (χ3n) is 4.80. The Balaban J connectivity index is 1.54. The number of nitrogens with one attached hydrogen (secondary N) is 1. The fraction of sp³-hybridized carbons (Fsp3) is 0.286. The van der Waals surface area contributed by atoms with Gasteiger partial charge in [-0.1, -0.05) is 30.8 Å². The average molecular weight is 411 g/mol. The van der Waals surface area contributed by atoms with Crippen LogP contribution in [0, 0.1) is 0 Å². The fourth-order valence-electron chi connectivity index (χ4n) is 3.10. The summed E-state index contributed by atoms with van der Waals surface area (Å²) >= 11 is 1.26. The third-order valence-corrected chi connectivity index (χ3v) is 5.75. The molecular weight excluding hydrogens is 390 g/mol. The second-order valence-electron chi connectivity index (χ2n) is 6.75. The maximum absolute atomic E-state index is 13.0. The molecule has 0 saturated heterocycles. The van der Waals surface area contributed by atoms with E-state index in [1.807, 2.05) is 32.0 Å². The standard InChI is InChI=1S/C21H21N3O4S/c1-3-13(2)24-20(26)15-6-4-5-7-16(15)23-21(24)29-11-19(25)22-14-8-9-17-18(10-14)28-12-27-17/h4-10,13H,3,11-12H2,1-2H3,(H,22,25). The maximum atomic E-state index is 13.0. The Bertz CT molecular complexity index is 1130. The Morgan fingerprint density at radius 2 is 2.03 bits per heavy atom. The molecule has 8 heteroatoms. The van der Waals surface area contributed by atoms with E-state index in [1.54, 1.807) is 28.8 Å². The first-order valence-corrected chi connectivity index (χ1v) is 10.4. The van der Waals surface area contributed by atoms with Gasteiger partial charge in [-0.05, 0) is 37.6 Å². The molecular formula is C21H21N3O4S. The summed E-state index contributed by atoms with van der Waals surface area (Å²) in [5, 5.41) is 3.98. The number of amides is 1. The topological polar surface area (TPSA) is 82.5 Å². The van der Waals surface area contributed by atoms with E-state index in [0.29, 0.717) is 33.2 Å². The van der Waals surface area contributed by atoms with E-state index in [0.717, 1.165) is 6.42 Å². The molecule has 0 radical (unpaired) electrons. The molecule has 1 aromatic heterocycles. The molecule has 1 aliphatic rings. The van der Waals surface area contributed by atoms with Crippen LogP contribution in [0.2, 0.25) is 0 Å². The molecule has 1 unspecified atom stereocenters. The lowest BCUT2D eigenvalue weighted by Crippen LogP contribution is -2.26. The van der Waals surface area contributed by atoms with Crippen molar-refractivity contribution in [2.75, 3.05) is 17.9 Å². The normalized spacial score (nSPS) is 13.4. The molecule has 1 aliphatic heterocycles. The molecule has 4 rings (SSSR count). The first-order valence-electron chi connectivity index (χ1n) is 9.40. The zero-order chi connectivity index (χ0) is 20.4. The number of benzene rings is 2. The summed E-state index contributed by atoms with van der Waals surface area (Å²) in [7, 11) is 0. The van der Waals surface area contributed by atoms with Crippen LogP contribution in [-0.2, 0) is 4.79 Å². The van der Waals surface area contributed by atoms with Crippen LogP contribution in [0.3, 0.4) is 0 Å². The van der Waals surface area contributed by atoms with Gasteiger partial charge in [0, 0.05) is 17.8 Å². The van der Waals surface area contributed by atoms with Crippen molar-refractivity contribution < 1.29 is 14.3 Å². The van der Waals surface area contributed by atoms with Gasteiger partial charge in [0.15, 0.2) is 16.7 Å². The summed E-state index contributed by atoms with van der Waals surface area (Å²) < 4.78 is 12.3. The summed E-state index contributed by atoms with van der Waals surface area (Å²) in [6.07, 6.45) is 0.789. The van der Waals surface area contributed by atoms with E-state index in [2.05, 4.69) is 10.3 Å². The molecule has 0 spiro atoms. The summed E-state index contributed by atoms with van der Waals surface area (Å²) in [6.45, 7) is 4.19. The molecule has 1 atom stereocenters. The Morgan fingerprint density at radius 3 is 2.86 bits per heavy atom. The van der Waals surface area contributed by atoms with Gasteiger partial charge >= 0.3 is 0 Å². The molecule has 0 bridgehead atoms. The van der Waals surface area contributed by atoms with Crippen LogP contribution < -0.4 is 20.3 Å². The second-order valence-corrected chi connectivity index (χ2v) is 7.69. The third kappa shape index (κ3) is 3.93. The quantitative estimate of drug-likeness (QED) is 0.490. The lowest BCUT2D eigenvalue weighted by Gasteiger charge is -2.18.